The molecule has 0 aliphatic heterocycles. The van der Waals surface area contributed by atoms with E-state index in [9.17, 15) is 9.50 Å². The Hall–Kier alpha value is -3.03. The molecule has 2 saturated carbocycles. The molecule has 0 spiro atoms. The topological polar surface area (TPSA) is 90.8 Å². The lowest BCUT2D eigenvalue weighted by Gasteiger charge is -2.38. The molecule has 0 unspecified atom stereocenters. The highest BCUT2D eigenvalue weighted by Crippen LogP contribution is 2.39. The van der Waals surface area contributed by atoms with E-state index in [0.29, 0.717) is 29.7 Å². The Balaban J connectivity index is 1.38. The van der Waals surface area contributed by atoms with Gasteiger partial charge in [0.15, 0.2) is 0 Å². The fraction of sp³-hybridized carbons (Fsp3) is 0.478. The summed E-state index contributed by atoms with van der Waals surface area (Å²) in [5.41, 5.74) is 2.87. The third-order valence-corrected chi connectivity index (χ3v) is 6.61. The van der Waals surface area contributed by atoms with Crippen molar-refractivity contribution in [2.24, 2.45) is 5.92 Å². The molecule has 3 atom stereocenters. The second-order valence-electron chi connectivity index (χ2n) is 8.65. The zero-order chi connectivity index (χ0) is 21.4. The summed E-state index contributed by atoms with van der Waals surface area (Å²) in [4.78, 5) is 6.88. The van der Waals surface area contributed by atoms with Gasteiger partial charge in [0.25, 0.3) is 0 Å². The number of phenols is 1. The summed E-state index contributed by atoms with van der Waals surface area (Å²) >= 11 is 0. The minimum Gasteiger partial charge on any atom is -0.507 e. The molecule has 0 saturated heterocycles. The lowest BCUT2D eigenvalue weighted by Crippen LogP contribution is -2.44. The molecule has 162 valence electrons. The molecule has 8 heteroatoms. The molecule has 31 heavy (non-hydrogen) atoms. The number of phenolic OH excluding ortho intramolecular Hbond substituents is 1. The molecule has 2 aromatic heterocycles. The van der Waals surface area contributed by atoms with Crippen LogP contribution in [0.25, 0.3) is 22.4 Å². The lowest BCUT2D eigenvalue weighted by molar-refractivity contribution is 0.145. The Morgan fingerprint density at radius 3 is 2.58 bits per heavy atom. The van der Waals surface area contributed by atoms with Gasteiger partial charge in [-0.25, -0.2) is 9.37 Å². The van der Waals surface area contributed by atoms with Crippen molar-refractivity contribution >= 4 is 5.95 Å². The highest BCUT2D eigenvalue weighted by molar-refractivity contribution is 5.73. The van der Waals surface area contributed by atoms with Gasteiger partial charge >= 0.3 is 0 Å². The zero-order valence-corrected chi connectivity index (χ0v) is 17.6. The smallest absolute Gasteiger partial charge is 0.245 e. The van der Waals surface area contributed by atoms with E-state index in [2.05, 4.69) is 37.2 Å². The maximum absolute atomic E-state index is 14.2. The molecule has 2 N–H and O–H groups in total. The molecule has 2 heterocycles. The molecule has 0 amide bonds. The first-order valence-electron chi connectivity index (χ1n) is 11.1. The van der Waals surface area contributed by atoms with Crippen LogP contribution in [0.5, 0.6) is 5.75 Å². The minimum atomic E-state index is -0.697. The number of aromatic amines is 1. The van der Waals surface area contributed by atoms with Crippen molar-refractivity contribution < 1.29 is 9.50 Å². The SMILES string of the molecule is CC[C@@H]1C[C@@H](N(c2ncc(-c3ccc(-c4cn[nH]c4)cc3O)nn2)C2CC2)CC[C@@H]1F. The van der Waals surface area contributed by atoms with Crippen LogP contribution in [0.2, 0.25) is 0 Å². The van der Waals surface area contributed by atoms with E-state index in [4.69, 9.17) is 0 Å². The first-order valence-corrected chi connectivity index (χ1v) is 11.1. The Morgan fingerprint density at radius 2 is 1.94 bits per heavy atom. The van der Waals surface area contributed by atoms with E-state index in [1.165, 1.54) is 0 Å². The number of benzene rings is 1. The van der Waals surface area contributed by atoms with Gasteiger partial charge in [0.05, 0.1) is 12.4 Å². The van der Waals surface area contributed by atoms with E-state index in [1.807, 2.05) is 12.1 Å². The van der Waals surface area contributed by atoms with Gasteiger partial charge in [0, 0.05) is 29.4 Å². The van der Waals surface area contributed by atoms with Crippen LogP contribution in [0.4, 0.5) is 10.3 Å². The highest BCUT2D eigenvalue weighted by atomic mass is 19.1. The molecule has 0 bridgehead atoms. The fourth-order valence-electron chi connectivity index (χ4n) is 4.70. The lowest BCUT2D eigenvalue weighted by atomic mass is 9.82. The quantitative estimate of drug-likeness (QED) is 0.607. The number of H-pyrrole nitrogens is 1. The third kappa shape index (κ3) is 3.98. The summed E-state index contributed by atoms with van der Waals surface area (Å²) < 4.78 is 14.2. The standard InChI is InChI=1S/C23H27FN6O/c1-2-14-9-18(6-8-20(14)24)30(17-4-5-17)23-25-13-21(28-29-23)19-7-3-15(10-22(19)31)16-11-26-27-12-16/h3,7,10-14,17-18,20,31H,2,4-6,8-9H2,1H3,(H,26,27)/t14-,18+,20+/m1/s1. The van der Waals surface area contributed by atoms with Crippen LogP contribution in [0, 0.1) is 5.92 Å². The summed E-state index contributed by atoms with van der Waals surface area (Å²) in [5, 5.41) is 26.0. The molecule has 2 aliphatic carbocycles. The maximum atomic E-state index is 14.2. The largest absolute Gasteiger partial charge is 0.507 e. The first kappa shape index (κ1) is 19.9. The molecule has 2 aliphatic rings. The van der Waals surface area contributed by atoms with Gasteiger partial charge in [0.1, 0.15) is 17.6 Å². The molecular weight excluding hydrogens is 395 g/mol. The van der Waals surface area contributed by atoms with Crippen molar-refractivity contribution in [3.8, 4) is 28.1 Å². The number of anilines is 1. The van der Waals surface area contributed by atoms with Crippen LogP contribution in [-0.2, 0) is 0 Å². The van der Waals surface area contributed by atoms with Gasteiger partial charge in [-0.2, -0.15) is 5.10 Å². The van der Waals surface area contributed by atoms with Gasteiger partial charge in [-0.3, -0.25) is 5.10 Å². The number of nitrogens with zero attached hydrogens (tertiary/aromatic N) is 5. The number of nitrogens with one attached hydrogen (secondary N) is 1. The van der Waals surface area contributed by atoms with Crippen LogP contribution < -0.4 is 4.90 Å². The van der Waals surface area contributed by atoms with Crippen LogP contribution in [0.15, 0.2) is 36.8 Å². The Labute approximate surface area is 180 Å². The van der Waals surface area contributed by atoms with E-state index in [1.54, 1.807) is 24.7 Å². The normalized spacial score (nSPS) is 23.6. The molecule has 1 aromatic carbocycles. The molecular formula is C23H27FN6O. The van der Waals surface area contributed by atoms with Crippen LogP contribution >= 0.6 is 0 Å². The van der Waals surface area contributed by atoms with Gasteiger partial charge in [0.2, 0.25) is 5.95 Å². The predicted molar refractivity (Wildman–Crippen MR) is 116 cm³/mol. The molecule has 2 fully saturated rings. The van der Waals surface area contributed by atoms with E-state index < -0.39 is 6.17 Å². The first-order chi connectivity index (χ1) is 15.1. The van der Waals surface area contributed by atoms with Gasteiger partial charge in [-0.05, 0) is 55.7 Å². The molecule has 5 rings (SSSR count). The number of alkyl halides is 1. The minimum absolute atomic E-state index is 0.109. The number of hydrogen-bond donors (Lipinski definition) is 2. The highest BCUT2D eigenvalue weighted by Gasteiger charge is 2.40. The van der Waals surface area contributed by atoms with Crippen LogP contribution in [0.3, 0.4) is 0 Å². The van der Waals surface area contributed by atoms with Crippen LogP contribution in [0.1, 0.15) is 45.4 Å². The summed E-state index contributed by atoms with van der Waals surface area (Å²) in [5.74, 6) is 0.837. The summed E-state index contributed by atoms with van der Waals surface area (Å²) in [6, 6.07) is 6.10. The van der Waals surface area contributed by atoms with Gasteiger partial charge in [-0.15, -0.1) is 10.2 Å². The second kappa shape index (κ2) is 8.24. The summed E-state index contributed by atoms with van der Waals surface area (Å²) in [7, 11) is 0. The predicted octanol–water partition coefficient (Wildman–Crippen LogP) is 4.52. The summed E-state index contributed by atoms with van der Waals surface area (Å²) in [6.07, 6.45) is 9.83. The van der Waals surface area contributed by atoms with Crippen molar-refractivity contribution in [2.45, 2.75) is 63.7 Å². The Bertz CT molecular complexity index is 1020. The molecule has 7 nitrogen and oxygen atoms in total. The van der Waals surface area contributed by atoms with E-state index in [-0.39, 0.29) is 17.7 Å². The van der Waals surface area contributed by atoms with E-state index >= 15 is 0 Å². The monoisotopic (exact) mass is 422 g/mol. The van der Waals surface area contributed by atoms with Crippen molar-refractivity contribution in [1.29, 1.82) is 0 Å². The third-order valence-electron chi connectivity index (χ3n) is 6.61. The van der Waals surface area contributed by atoms with Crippen molar-refractivity contribution in [3.05, 3.63) is 36.8 Å². The number of hydrogen-bond acceptors (Lipinski definition) is 6. The second-order valence-corrected chi connectivity index (χ2v) is 8.65. The van der Waals surface area contributed by atoms with Gasteiger partial charge in [-0.1, -0.05) is 19.4 Å². The number of rotatable bonds is 6. The Kier molecular flexibility index (Phi) is 5.29. The van der Waals surface area contributed by atoms with E-state index in [0.717, 1.165) is 43.2 Å². The van der Waals surface area contributed by atoms with Crippen molar-refractivity contribution in [1.82, 2.24) is 25.4 Å². The summed E-state index contributed by atoms with van der Waals surface area (Å²) in [6.45, 7) is 2.07. The average molecular weight is 423 g/mol. The number of halogens is 1. The molecule has 0 radical (unpaired) electrons. The average Bonchev–Trinajstić information content (AvgIpc) is 3.46. The molecule has 3 aromatic rings. The zero-order valence-electron chi connectivity index (χ0n) is 17.6. The number of aromatic hydroxyl groups is 1. The Morgan fingerprint density at radius 1 is 1.10 bits per heavy atom. The van der Waals surface area contributed by atoms with Crippen molar-refractivity contribution in [2.75, 3.05) is 4.90 Å². The van der Waals surface area contributed by atoms with Crippen LogP contribution in [-0.4, -0.2) is 48.7 Å². The van der Waals surface area contributed by atoms with Crippen molar-refractivity contribution in [3.63, 3.8) is 0 Å². The van der Waals surface area contributed by atoms with Gasteiger partial charge < -0.3 is 10.0 Å². The maximum Gasteiger partial charge on any atom is 0.245 e. The number of aromatic nitrogens is 5. The fourth-order valence-corrected chi connectivity index (χ4v) is 4.70.